The summed E-state index contributed by atoms with van der Waals surface area (Å²) in [6, 6.07) is 1.81. The number of hydrogen-bond donors (Lipinski definition) is 1. The average molecular weight is 366 g/mol. The van der Waals surface area contributed by atoms with Crippen molar-refractivity contribution in [2.75, 3.05) is 6.61 Å². The van der Waals surface area contributed by atoms with Crippen molar-refractivity contribution >= 4 is 28.8 Å². The van der Waals surface area contributed by atoms with E-state index in [2.05, 4.69) is 11.7 Å². The normalized spacial score (nSPS) is 16.7. The fourth-order valence-electron chi connectivity index (χ4n) is 3.26. The molecule has 0 aromatic carbocycles. The van der Waals surface area contributed by atoms with Crippen LogP contribution >= 0.6 is 22.9 Å². The van der Waals surface area contributed by atoms with Gasteiger partial charge < -0.3 is 10.0 Å². The molecule has 1 aliphatic rings. The summed E-state index contributed by atoms with van der Waals surface area (Å²) < 4.78 is 1.84. The van der Waals surface area contributed by atoms with Gasteiger partial charge in [0.2, 0.25) is 5.91 Å². The van der Waals surface area contributed by atoms with Crippen LogP contribution in [0.3, 0.4) is 0 Å². The Kier molecular flexibility index (Phi) is 5.38. The fraction of sp³-hybridized carbons (Fsp3) is 0.412. The largest absolute Gasteiger partial charge is 0.394 e. The van der Waals surface area contributed by atoms with Crippen molar-refractivity contribution in [2.45, 2.75) is 38.4 Å². The maximum Gasteiger partial charge on any atom is 0.246 e. The Morgan fingerprint density at radius 2 is 2.46 bits per heavy atom. The molecule has 2 aromatic rings. The van der Waals surface area contributed by atoms with Gasteiger partial charge >= 0.3 is 0 Å². The van der Waals surface area contributed by atoms with Crippen LogP contribution in [0.4, 0.5) is 0 Å². The Labute approximate surface area is 150 Å². The SMILES string of the molecule is C=CC(=O)N(Cc1sccc1Cl)C1CCCc2c1cnn2CCO. The van der Waals surface area contributed by atoms with Gasteiger partial charge in [-0.3, -0.25) is 9.48 Å². The molecule has 1 amide bonds. The van der Waals surface area contributed by atoms with Gasteiger partial charge in [-0.25, -0.2) is 0 Å². The Morgan fingerprint density at radius 1 is 1.62 bits per heavy atom. The number of aromatic nitrogens is 2. The summed E-state index contributed by atoms with van der Waals surface area (Å²) in [6.07, 6.45) is 5.97. The Hall–Kier alpha value is -1.63. The molecular formula is C17H20ClN3O2S. The number of rotatable bonds is 6. The summed E-state index contributed by atoms with van der Waals surface area (Å²) in [5.41, 5.74) is 2.18. The van der Waals surface area contributed by atoms with Crippen LogP contribution in [-0.4, -0.2) is 32.3 Å². The molecule has 1 atom stereocenters. The van der Waals surface area contributed by atoms with Crippen molar-refractivity contribution in [3.05, 3.63) is 51.5 Å². The smallest absolute Gasteiger partial charge is 0.246 e. The summed E-state index contributed by atoms with van der Waals surface area (Å²) >= 11 is 7.77. The molecule has 24 heavy (non-hydrogen) atoms. The summed E-state index contributed by atoms with van der Waals surface area (Å²) in [5.74, 6) is -0.104. The second-order valence-corrected chi connectivity index (χ2v) is 7.17. The minimum Gasteiger partial charge on any atom is -0.394 e. The Morgan fingerprint density at radius 3 is 3.12 bits per heavy atom. The van der Waals surface area contributed by atoms with Gasteiger partial charge in [-0.15, -0.1) is 11.3 Å². The molecule has 0 radical (unpaired) electrons. The van der Waals surface area contributed by atoms with Gasteiger partial charge in [0.15, 0.2) is 0 Å². The van der Waals surface area contributed by atoms with Gasteiger partial charge in [0.05, 0.1) is 37.0 Å². The van der Waals surface area contributed by atoms with Crippen LogP contribution < -0.4 is 0 Å². The number of nitrogens with zero attached hydrogens (tertiary/aromatic N) is 3. The molecule has 2 heterocycles. The zero-order chi connectivity index (χ0) is 17.1. The first-order valence-electron chi connectivity index (χ1n) is 7.96. The summed E-state index contributed by atoms with van der Waals surface area (Å²) in [4.78, 5) is 15.3. The monoisotopic (exact) mass is 365 g/mol. The zero-order valence-electron chi connectivity index (χ0n) is 13.3. The predicted molar refractivity (Wildman–Crippen MR) is 95.1 cm³/mol. The number of hydrogen-bond acceptors (Lipinski definition) is 4. The van der Waals surface area contributed by atoms with Crippen molar-refractivity contribution in [1.29, 1.82) is 0 Å². The average Bonchev–Trinajstić information content (AvgIpc) is 3.19. The van der Waals surface area contributed by atoms with Crippen LogP contribution in [0.1, 0.15) is 35.0 Å². The maximum atomic E-state index is 12.5. The van der Waals surface area contributed by atoms with E-state index in [-0.39, 0.29) is 18.6 Å². The van der Waals surface area contributed by atoms with Crippen molar-refractivity contribution in [1.82, 2.24) is 14.7 Å². The summed E-state index contributed by atoms with van der Waals surface area (Å²) in [5, 5.41) is 16.2. The van der Waals surface area contributed by atoms with E-state index in [1.54, 1.807) is 11.3 Å². The molecule has 2 aromatic heterocycles. The lowest BCUT2D eigenvalue weighted by Gasteiger charge is -2.34. The molecule has 7 heteroatoms. The highest BCUT2D eigenvalue weighted by Gasteiger charge is 2.31. The highest BCUT2D eigenvalue weighted by Crippen LogP contribution is 2.36. The summed E-state index contributed by atoms with van der Waals surface area (Å²) in [6.45, 7) is 4.65. The van der Waals surface area contributed by atoms with Gasteiger partial charge in [0.25, 0.3) is 0 Å². The van der Waals surface area contributed by atoms with Crippen LogP contribution in [0, 0.1) is 0 Å². The first-order valence-corrected chi connectivity index (χ1v) is 9.21. The minimum atomic E-state index is -0.104. The molecule has 1 unspecified atom stereocenters. The molecule has 0 fully saturated rings. The zero-order valence-corrected chi connectivity index (χ0v) is 14.9. The van der Waals surface area contributed by atoms with Crippen molar-refractivity contribution in [3.8, 4) is 0 Å². The maximum absolute atomic E-state index is 12.5. The molecular weight excluding hydrogens is 346 g/mol. The third-order valence-corrected chi connectivity index (χ3v) is 5.75. The molecule has 0 bridgehead atoms. The molecule has 128 valence electrons. The standard InChI is InChI=1S/C17H20ClN3O2S/c1-2-17(23)20(11-16-13(18)6-9-24-16)14-4-3-5-15-12(14)10-19-21(15)7-8-22/h2,6,9-10,14,22H,1,3-5,7-8,11H2. The van der Waals surface area contributed by atoms with Gasteiger partial charge in [0.1, 0.15) is 0 Å². The van der Waals surface area contributed by atoms with E-state index < -0.39 is 0 Å². The van der Waals surface area contributed by atoms with Crippen LogP contribution in [-0.2, 0) is 24.3 Å². The van der Waals surface area contributed by atoms with E-state index in [4.69, 9.17) is 11.6 Å². The first-order chi connectivity index (χ1) is 11.7. The number of aliphatic hydroxyl groups excluding tert-OH is 1. The van der Waals surface area contributed by atoms with E-state index in [0.29, 0.717) is 18.1 Å². The van der Waals surface area contributed by atoms with E-state index in [9.17, 15) is 9.90 Å². The molecule has 0 saturated heterocycles. The highest BCUT2D eigenvalue weighted by atomic mass is 35.5. The fourth-order valence-corrected chi connectivity index (χ4v) is 4.35. The van der Waals surface area contributed by atoms with Gasteiger partial charge in [-0.2, -0.15) is 5.10 Å². The van der Waals surface area contributed by atoms with Gasteiger partial charge in [0, 0.05) is 16.1 Å². The van der Waals surface area contributed by atoms with Crippen molar-refractivity contribution in [2.24, 2.45) is 0 Å². The van der Waals surface area contributed by atoms with Gasteiger partial charge in [-0.05, 0) is 36.8 Å². The molecule has 0 spiro atoms. The third kappa shape index (κ3) is 3.27. The molecule has 1 N–H and O–H groups in total. The Balaban J connectivity index is 1.93. The van der Waals surface area contributed by atoms with Crippen molar-refractivity contribution < 1.29 is 9.90 Å². The first kappa shape index (κ1) is 17.2. The number of carbonyl (C=O) groups is 1. The summed E-state index contributed by atoms with van der Waals surface area (Å²) in [7, 11) is 0. The topological polar surface area (TPSA) is 58.4 Å². The predicted octanol–water partition coefficient (Wildman–Crippen LogP) is 3.18. The van der Waals surface area contributed by atoms with Crippen LogP contribution in [0.25, 0.3) is 0 Å². The third-order valence-electron chi connectivity index (χ3n) is 4.38. The van der Waals surface area contributed by atoms with Crippen LogP contribution in [0.5, 0.6) is 0 Å². The molecule has 1 aliphatic carbocycles. The minimum absolute atomic E-state index is 0.0372. The van der Waals surface area contributed by atoms with E-state index in [0.717, 1.165) is 35.4 Å². The highest BCUT2D eigenvalue weighted by molar-refractivity contribution is 7.10. The Bertz CT molecular complexity index is 740. The van der Waals surface area contributed by atoms with E-state index in [1.165, 1.54) is 6.08 Å². The number of halogens is 1. The lowest BCUT2D eigenvalue weighted by atomic mass is 9.91. The number of fused-ring (bicyclic) bond motifs is 1. The second-order valence-electron chi connectivity index (χ2n) is 5.76. The number of carbonyl (C=O) groups excluding carboxylic acids is 1. The van der Waals surface area contributed by atoms with E-state index >= 15 is 0 Å². The lowest BCUT2D eigenvalue weighted by molar-refractivity contribution is -0.129. The van der Waals surface area contributed by atoms with Crippen molar-refractivity contribution in [3.63, 3.8) is 0 Å². The molecule has 0 saturated carbocycles. The number of thiophene rings is 1. The number of aliphatic hydroxyl groups is 1. The second kappa shape index (κ2) is 7.51. The van der Waals surface area contributed by atoms with E-state index in [1.807, 2.05) is 27.2 Å². The van der Waals surface area contributed by atoms with Crippen LogP contribution in [0.15, 0.2) is 30.3 Å². The lowest BCUT2D eigenvalue weighted by Crippen LogP contribution is -2.35. The number of amides is 1. The van der Waals surface area contributed by atoms with Crippen LogP contribution in [0.2, 0.25) is 5.02 Å². The molecule has 0 aliphatic heterocycles. The quantitative estimate of drug-likeness (QED) is 0.800. The van der Waals surface area contributed by atoms with Gasteiger partial charge in [-0.1, -0.05) is 18.2 Å². The molecule has 3 rings (SSSR count). The molecule has 5 nitrogen and oxygen atoms in total.